The Morgan fingerprint density at radius 2 is 2.12 bits per heavy atom. The average molecular weight is 345 g/mol. The SMILES string of the molecule is COc1ccccc1C1(CNC(=O)c2csc(CN)n2)CCCC1. The van der Waals surface area contributed by atoms with Gasteiger partial charge < -0.3 is 15.8 Å². The molecule has 24 heavy (non-hydrogen) atoms. The van der Waals surface area contributed by atoms with E-state index < -0.39 is 0 Å². The van der Waals surface area contributed by atoms with E-state index in [1.54, 1.807) is 12.5 Å². The molecule has 0 saturated heterocycles. The van der Waals surface area contributed by atoms with Gasteiger partial charge in [0, 0.05) is 29.4 Å². The Morgan fingerprint density at radius 3 is 2.79 bits per heavy atom. The van der Waals surface area contributed by atoms with Crippen LogP contribution in [0.25, 0.3) is 0 Å². The maximum atomic E-state index is 12.4. The summed E-state index contributed by atoms with van der Waals surface area (Å²) >= 11 is 1.42. The second-order valence-electron chi connectivity index (χ2n) is 6.20. The maximum Gasteiger partial charge on any atom is 0.270 e. The van der Waals surface area contributed by atoms with Gasteiger partial charge in [-0.15, -0.1) is 11.3 Å². The third-order valence-electron chi connectivity index (χ3n) is 4.79. The van der Waals surface area contributed by atoms with Crippen LogP contribution in [0.5, 0.6) is 5.75 Å². The number of thiazole rings is 1. The minimum atomic E-state index is -0.132. The highest BCUT2D eigenvalue weighted by atomic mass is 32.1. The van der Waals surface area contributed by atoms with Crippen molar-refractivity contribution in [1.29, 1.82) is 0 Å². The van der Waals surface area contributed by atoms with Crippen molar-refractivity contribution in [2.75, 3.05) is 13.7 Å². The Morgan fingerprint density at radius 1 is 1.38 bits per heavy atom. The van der Waals surface area contributed by atoms with Gasteiger partial charge in [-0.2, -0.15) is 0 Å². The first-order valence-electron chi connectivity index (χ1n) is 8.25. The number of carbonyl (C=O) groups excluding carboxylic acids is 1. The minimum Gasteiger partial charge on any atom is -0.496 e. The van der Waals surface area contributed by atoms with E-state index in [9.17, 15) is 4.79 Å². The summed E-state index contributed by atoms with van der Waals surface area (Å²) in [7, 11) is 1.70. The molecule has 3 rings (SSSR count). The van der Waals surface area contributed by atoms with E-state index in [1.165, 1.54) is 29.7 Å². The predicted octanol–water partition coefficient (Wildman–Crippen LogP) is 2.85. The molecule has 1 aliphatic carbocycles. The topological polar surface area (TPSA) is 77.2 Å². The van der Waals surface area contributed by atoms with Crippen LogP contribution >= 0.6 is 11.3 Å². The van der Waals surface area contributed by atoms with Gasteiger partial charge in [-0.3, -0.25) is 4.79 Å². The molecule has 0 unspecified atom stereocenters. The van der Waals surface area contributed by atoms with Crippen molar-refractivity contribution in [3.8, 4) is 5.75 Å². The van der Waals surface area contributed by atoms with Crippen molar-refractivity contribution >= 4 is 17.2 Å². The zero-order chi connectivity index (χ0) is 17.0. The van der Waals surface area contributed by atoms with Gasteiger partial charge >= 0.3 is 0 Å². The molecule has 0 aliphatic heterocycles. The van der Waals surface area contributed by atoms with Gasteiger partial charge in [0.05, 0.1) is 7.11 Å². The lowest BCUT2D eigenvalue weighted by Crippen LogP contribution is -2.39. The van der Waals surface area contributed by atoms with Crippen LogP contribution < -0.4 is 15.8 Å². The number of amides is 1. The molecular weight excluding hydrogens is 322 g/mol. The number of nitrogens with two attached hydrogens (primary N) is 1. The van der Waals surface area contributed by atoms with Crippen LogP contribution in [0.15, 0.2) is 29.6 Å². The number of rotatable bonds is 6. The van der Waals surface area contributed by atoms with Crippen molar-refractivity contribution in [2.45, 2.75) is 37.6 Å². The molecule has 2 aromatic rings. The summed E-state index contributed by atoms with van der Waals surface area (Å²) in [6, 6.07) is 8.12. The summed E-state index contributed by atoms with van der Waals surface area (Å²) in [6.07, 6.45) is 4.45. The van der Waals surface area contributed by atoms with Crippen LogP contribution in [-0.4, -0.2) is 24.5 Å². The summed E-state index contributed by atoms with van der Waals surface area (Å²) < 4.78 is 5.55. The van der Waals surface area contributed by atoms with Gasteiger partial charge in [-0.25, -0.2) is 4.98 Å². The van der Waals surface area contributed by atoms with E-state index in [4.69, 9.17) is 10.5 Å². The van der Waals surface area contributed by atoms with Crippen LogP contribution in [0.4, 0.5) is 0 Å². The molecule has 3 N–H and O–H groups in total. The Labute approximate surface area is 146 Å². The molecule has 0 radical (unpaired) electrons. The van der Waals surface area contributed by atoms with E-state index in [-0.39, 0.29) is 11.3 Å². The molecule has 128 valence electrons. The van der Waals surface area contributed by atoms with Crippen molar-refractivity contribution in [1.82, 2.24) is 10.3 Å². The van der Waals surface area contributed by atoms with Crippen molar-refractivity contribution in [2.24, 2.45) is 5.73 Å². The van der Waals surface area contributed by atoms with E-state index in [2.05, 4.69) is 16.4 Å². The first kappa shape index (κ1) is 16.9. The number of carbonyl (C=O) groups is 1. The molecular formula is C18H23N3O2S. The van der Waals surface area contributed by atoms with Gasteiger partial charge in [-0.1, -0.05) is 31.0 Å². The highest BCUT2D eigenvalue weighted by molar-refractivity contribution is 7.09. The molecule has 1 fully saturated rings. The average Bonchev–Trinajstić information content (AvgIpc) is 3.29. The first-order chi connectivity index (χ1) is 11.7. The van der Waals surface area contributed by atoms with E-state index in [1.807, 2.05) is 18.2 Å². The number of ether oxygens (including phenoxy) is 1. The first-order valence-corrected chi connectivity index (χ1v) is 9.13. The molecule has 1 heterocycles. The van der Waals surface area contributed by atoms with Gasteiger partial charge in [0.2, 0.25) is 0 Å². The normalized spacial score (nSPS) is 16.1. The Kier molecular flexibility index (Phi) is 5.16. The summed E-state index contributed by atoms with van der Waals surface area (Å²) in [5.74, 6) is 0.764. The number of nitrogens with one attached hydrogen (secondary N) is 1. The third kappa shape index (κ3) is 3.30. The van der Waals surface area contributed by atoms with E-state index >= 15 is 0 Å². The molecule has 1 amide bonds. The maximum absolute atomic E-state index is 12.4. The third-order valence-corrected chi connectivity index (χ3v) is 5.66. The number of benzene rings is 1. The van der Waals surface area contributed by atoms with Gasteiger partial charge in [-0.05, 0) is 18.9 Å². The monoisotopic (exact) mass is 345 g/mol. The van der Waals surface area contributed by atoms with Crippen LogP contribution in [-0.2, 0) is 12.0 Å². The smallest absolute Gasteiger partial charge is 0.270 e. The van der Waals surface area contributed by atoms with Gasteiger partial charge in [0.15, 0.2) is 0 Å². The number of methoxy groups -OCH3 is 1. The predicted molar refractivity (Wildman–Crippen MR) is 95.5 cm³/mol. The van der Waals surface area contributed by atoms with Crippen LogP contribution in [0.3, 0.4) is 0 Å². The molecule has 0 bridgehead atoms. The highest BCUT2D eigenvalue weighted by Crippen LogP contribution is 2.44. The van der Waals surface area contributed by atoms with Crippen molar-refractivity contribution in [3.63, 3.8) is 0 Å². The quantitative estimate of drug-likeness (QED) is 0.844. The number of hydrogen-bond acceptors (Lipinski definition) is 5. The zero-order valence-corrected chi connectivity index (χ0v) is 14.7. The largest absolute Gasteiger partial charge is 0.496 e. The summed E-state index contributed by atoms with van der Waals surface area (Å²) in [4.78, 5) is 16.7. The Hall–Kier alpha value is -1.92. The molecule has 5 nitrogen and oxygen atoms in total. The fraction of sp³-hybridized carbons (Fsp3) is 0.444. The van der Waals surface area contributed by atoms with Crippen LogP contribution in [0.1, 0.15) is 46.7 Å². The van der Waals surface area contributed by atoms with E-state index in [0.29, 0.717) is 18.8 Å². The Bertz CT molecular complexity index is 708. The lowest BCUT2D eigenvalue weighted by atomic mass is 9.78. The fourth-order valence-corrected chi connectivity index (χ4v) is 4.18. The molecule has 0 atom stereocenters. The number of hydrogen-bond donors (Lipinski definition) is 2. The fourth-order valence-electron chi connectivity index (χ4n) is 3.52. The molecule has 1 saturated carbocycles. The zero-order valence-electron chi connectivity index (χ0n) is 13.9. The summed E-state index contributed by atoms with van der Waals surface area (Å²) in [5, 5.41) is 5.62. The minimum absolute atomic E-state index is 0.0605. The van der Waals surface area contributed by atoms with Gasteiger partial charge in [0.1, 0.15) is 16.5 Å². The standard InChI is InChI=1S/C18H23N3O2S/c1-23-15-7-3-2-6-13(15)18(8-4-5-9-18)12-20-17(22)14-11-24-16(10-19)21-14/h2-3,6-7,11H,4-5,8-10,12,19H2,1H3,(H,20,22). The van der Waals surface area contributed by atoms with E-state index in [0.717, 1.165) is 23.6 Å². The van der Waals surface area contributed by atoms with Crippen LogP contribution in [0.2, 0.25) is 0 Å². The highest BCUT2D eigenvalue weighted by Gasteiger charge is 2.38. The number of para-hydroxylation sites is 1. The summed E-state index contributed by atoms with van der Waals surface area (Å²) in [5.41, 5.74) is 7.15. The molecule has 6 heteroatoms. The second-order valence-corrected chi connectivity index (χ2v) is 7.14. The number of aromatic nitrogens is 1. The van der Waals surface area contributed by atoms with Crippen molar-refractivity contribution in [3.05, 3.63) is 45.9 Å². The molecule has 1 aliphatic rings. The second kappa shape index (κ2) is 7.32. The molecule has 1 aromatic carbocycles. The number of nitrogens with zero attached hydrogens (tertiary/aromatic N) is 1. The van der Waals surface area contributed by atoms with Crippen LogP contribution in [0, 0.1) is 0 Å². The van der Waals surface area contributed by atoms with Crippen molar-refractivity contribution < 1.29 is 9.53 Å². The van der Waals surface area contributed by atoms with Gasteiger partial charge in [0.25, 0.3) is 5.91 Å². The molecule has 1 aromatic heterocycles. The molecule has 0 spiro atoms. The lowest BCUT2D eigenvalue weighted by Gasteiger charge is -2.31. The lowest BCUT2D eigenvalue weighted by molar-refractivity contribution is 0.0938. The Balaban J connectivity index is 1.78. The summed E-state index contributed by atoms with van der Waals surface area (Å²) in [6.45, 7) is 0.963.